The number of aromatic hydroxyl groups is 3. The van der Waals surface area contributed by atoms with Crippen molar-refractivity contribution in [2.45, 2.75) is 56.3 Å². The van der Waals surface area contributed by atoms with Crippen LogP contribution in [0.3, 0.4) is 0 Å². The minimum atomic E-state index is -1.27. The first-order chi connectivity index (χ1) is 32.9. The minimum absolute atomic E-state index is 0.0593. The number of hydrogen-bond donors (Lipinski definition) is 6. The molecule has 9 nitrogen and oxygen atoms in total. The van der Waals surface area contributed by atoms with Gasteiger partial charge in [0.05, 0.1) is 17.1 Å². The van der Waals surface area contributed by atoms with E-state index >= 15 is 0 Å². The standard InChI is InChI=1S/C18H11F2NO2S.C18H17F2NO2.C17H15F2NO2/c19-13-8-7-12-16(15(13)20)21-17(23)18(12,14-2-1-9-24-14)10-3-5-11(22)6-4-10;1-2-3-10-18(11-4-6-12(22)7-5-11)13-8-9-14(19)15(20)16(13)21-17(18)23;1-9(2)17(10-3-5-11(21)6-4-10)12-7-8-13(18)14(19)15(12)20-16(17)22/h1-9,22H,(H,21,23);4-9,22H,2-3,10H2,1H3,(H,21,23);3-9,21H,1-2H3,(H,20,22). The number of carbonyl (C=O) groups excluding carboxylic acids is 3. The zero-order valence-electron chi connectivity index (χ0n) is 37.1. The third-order valence-corrected chi connectivity index (χ3v) is 14.0. The second-order valence-corrected chi connectivity index (χ2v) is 18.0. The largest absolute Gasteiger partial charge is 0.508 e. The molecule has 1 aromatic heterocycles. The molecule has 3 aliphatic heterocycles. The summed E-state index contributed by atoms with van der Waals surface area (Å²) < 4.78 is 82.9. The molecule has 3 atom stereocenters. The van der Waals surface area contributed by atoms with Gasteiger partial charge in [-0.1, -0.05) is 94.3 Å². The van der Waals surface area contributed by atoms with Gasteiger partial charge in [-0.3, -0.25) is 14.4 Å². The van der Waals surface area contributed by atoms with Gasteiger partial charge in [-0.25, -0.2) is 26.3 Å². The molecule has 6 N–H and O–H groups in total. The summed E-state index contributed by atoms with van der Waals surface area (Å²) >= 11 is 1.36. The lowest BCUT2D eigenvalue weighted by Crippen LogP contribution is -2.40. The Morgan fingerprint density at radius 3 is 1.45 bits per heavy atom. The van der Waals surface area contributed by atoms with Crippen LogP contribution >= 0.6 is 11.3 Å². The molecule has 0 radical (unpaired) electrons. The van der Waals surface area contributed by atoms with E-state index in [9.17, 15) is 56.0 Å². The van der Waals surface area contributed by atoms with Crippen molar-refractivity contribution < 1.29 is 56.0 Å². The molecular formula is C53H43F6N3O6S. The fourth-order valence-corrected chi connectivity index (χ4v) is 10.6. The Labute approximate surface area is 396 Å². The molecule has 0 saturated heterocycles. The molecule has 69 heavy (non-hydrogen) atoms. The number of halogens is 6. The van der Waals surface area contributed by atoms with E-state index in [-0.39, 0.29) is 46.1 Å². The van der Waals surface area contributed by atoms with Gasteiger partial charge < -0.3 is 31.3 Å². The van der Waals surface area contributed by atoms with Crippen LogP contribution in [0, 0.1) is 40.8 Å². The van der Waals surface area contributed by atoms with Gasteiger partial charge in [0.1, 0.15) is 33.5 Å². The highest BCUT2D eigenvalue weighted by molar-refractivity contribution is 7.10. The Hall–Kier alpha value is -7.59. The zero-order valence-corrected chi connectivity index (χ0v) is 37.9. The number of thiophene rings is 1. The number of hydrogen-bond acceptors (Lipinski definition) is 7. The Bertz CT molecular complexity index is 3120. The summed E-state index contributed by atoms with van der Waals surface area (Å²) in [5, 5.41) is 37.8. The van der Waals surface area contributed by atoms with E-state index < -0.39 is 63.0 Å². The molecule has 10 rings (SSSR count). The van der Waals surface area contributed by atoms with E-state index in [0.717, 1.165) is 31.0 Å². The lowest BCUT2D eigenvalue weighted by Gasteiger charge is -2.32. The van der Waals surface area contributed by atoms with Crippen LogP contribution in [0.4, 0.5) is 43.4 Å². The highest BCUT2D eigenvalue weighted by Gasteiger charge is 2.53. The molecule has 0 bridgehead atoms. The molecule has 3 amide bonds. The van der Waals surface area contributed by atoms with E-state index in [1.807, 2.05) is 26.2 Å². The average Bonchev–Trinajstić information content (AvgIpc) is 4.11. The van der Waals surface area contributed by atoms with Gasteiger partial charge in [-0.2, -0.15) is 0 Å². The molecule has 3 aliphatic rings. The maximum Gasteiger partial charge on any atom is 0.245 e. The number of phenols is 3. The van der Waals surface area contributed by atoms with Crippen molar-refractivity contribution in [2.75, 3.05) is 16.0 Å². The van der Waals surface area contributed by atoms with Crippen LogP contribution in [0.1, 0.15) is 78.3 Å². The molecule has 0 fully saturated rings. The van der Waals surface area contributed by atoms with Gasteiger partial charge >= 0.3 is 0 Å². The second kappa shape index (κ2) is 18.5. The molecule has 0 spiro atoms. The number of unbranched alkanes of at least 4 members (excludes halogenated alkanes) is 1. The average molecular weight is 964 g/mol. The van der Waals surface area contributed by atoms with Gasteiger partial charge in [0.15, 0.2) is 34.9 Å². The van der Waals surface area contributed by atoms with Crippen molar-refractivity contribution in [3.05, 3.63) is 200 Å². The van der Waals surface area contributed by atoms with E-state index in [1.54, 1.807) is 48.5 Å². The lowest BCUT2D eigenvalue weighted by atomic mass is 9.67. The molecule has 354 valence electrons. The van der Waals surface area contributed by atoms with Crippen molar-refractivity contribution in [1.82, 2.24) is 0 Å². The number of rotatable bonds is 8. The summed E-state index contributed by atoms with van der Waals surface area (Å²) in [6.07, 6.45) is 2.11. The van der Waals surface area contributed by atoms with Crippen molar-refractivity contribution in [1.29, 1.82) is 0 Å². The molecular weight excluding hydrogens is 921 g/mol. The van der Waals surface area contributed by atoms with Crippen molar-refractivity contribution in [3.63, 3.8) is 0 Å². The monoisotopic (exact) mass is 963 g/mol. The molecule has 6 aromatic carbocycles. The predicted octanol–water partition coefficient (Wildman–Crippen LogP) is 11.7. The SMILES string of the molecule is CC(C)C1(c2ccc(O)cc2)C(=O)Nc2c1ccc(F)c2F.CCCCC1(c2ccc(O)cc2)C(=O)Nc2c1ccc(F)c2F.O=C1Nc2c(ccc(F)c2F)C1(c1ccc(O)cc1)c1cccs1. The summed E-state index contributed by atoms with van der Waals surface area (Å²) in [5.74, 6) is -7.33. The van der Waals surface area contributed by atoms with Crippen LogP contribution in [0.25, 0.3) is 0 Å². The summed E-state index contributed by atoms with van der Waals surface area (Å²) in [7, 11) is 0. The summed E-state index contributed by atoms with van der Waals surface area (Å²) in [6, 6.07) is 29.7. The smallest absolute Gasteiger partial charge is 0.245 e. The number of carbonyl (C=O) groups is 3. The second-order valence-electron chi connectivity index (χ2n) is 17.1. The normalized spacial score (nSPS) is 19.6. The number of phenolic OH excluding ortho intramolecular Hbond substituents is 3. The third kappa shape index (κ3) is 7.72. The Balaban J connectivity index is 0.000000140. The number of nitrogens with one attached hydrogen (secondary N) is 3. The van der Waals surface area contributed by atoms with Crippen molar-refractivity contribution in [2.24, 2.45) is 5.92 Å². The van der Waals surface area contributed by atoms with Gasteiger partial charge in [0.2, 0.25) is 17.7 Å². The van der Waals surface area contributed by atoms with Crippen LogP contribution in [-0.4, -0.2) is 33.0 Å². The Morgan fingerprint density at radius 1 is 0.522 bits per heavy atom. The van der Waals surface area contributed by atoms with E-state index in [0.29, 0.717) is 44.7 Å². The van der Waals surface area contributed by atoms with Crippen LogP contribution in [0.15, 0.2) is 127 Å². The first-order valence-electron chi connectivity index (χ1n) is 21.8. The summed E-state index contributed by atoms with van der Waals surface area (Å²) in [4.78, 5) is 39.1. The minimum Gasteiger partial charge on any atom is -0.508 e. The van der Waals surface area contributed by atoms with Crippen LogP contribution in [-0.2, 0) is 30.6 Å². The van der Waals surface area contributed by atoms with E-state index in [1.165, 1.54) is 65.9 Å². The molecule has 16 heteroatoms. The fourth-order valence-electron chi connectivity index (χ4n) is 9.68. The highest BCUT2D eigenvalue weighted by atomic mass is 32.1. The van der Waals surface area contributed by atoms with Crippen molar-refractivity contribution in [3.8, 4) is 17.2 Å². The third-order valence-electron chi connectivity index (χ3n) is 13.0. The maximum absolute atomic E-state index is 14.2. The van der Waals surface area contributed by atoms with Gasteiger partial charge in [-0.05, 0) is 106 Å². The molecule has 0 saturated carbocycles. The molecule has 4 heterocycles. The molecule has 7 aromatic rings. The fraction of sp³-hybridized carbons (Fsp3) is 0.189. The highest BCUT2D eigenvalue weighted by Crippen LogP contribution is 2.52. The van der Waals surface area contributed by atoms with Gasteiger partial charge in [-0.15, -0.1) is 11.3 Å². The van der Waals surface area contributed by atoms with Gasteiger partial charge in [0, 0.05) is 10.4 Å². The van der Waals surface area contributed by atoms with Crippen LogP contribution in [0.5, 0.6) is 17.2 Å². The number of fused-ring (bicyclic) bond motifs is 3. The Morgan fingerprint density at radius 2 is 0.957 bits per heavy atom. The number of benzene rings is 6. The zero-order chi connectivity index (χ0) is 49.6. The van der Waals surface area contributed by atoms with Crippen LogP contribution in [0.2, 0.25) is 0 Å². The van der Waals surface area contributed by atoms with Crippen molar-refractivity contribution >= 4 is 46.1 Å². The van der Waals surface area contributed by atoms with Gasteiger partial charge in [0.25, 0.3) is 0 Å². The first kappa shape index (κ1) is 47.9. The topological polar surface area (TPSA) is 148 Å². The quantitative estimate of drug-likeness (QED) is 0.0836. The molecule has 0 aliphatic carbocycles. The lowest BCUT2D eigenvalue weighted by molar-refractivity contribution is -0.121. The summed E-state index contributed by atoms with van der Waals surface area (Å²) in [6.45, 7) is 5.70. The van der Waals surface area contributed by atoms with Crippen LogP contribution < -0.4 is 16.0 Å². The maximum atomic E-state index is 14.2. The first-order valence-corrected chi connectivity index (χ1v) is 22.6. The number of anilines is 3. The van der Waals surface area contributed by atoms with E-state index in [2.05, 4.69) is 16.0 Å². The number of amides is 3. The van der Waals surface area contributed by atoms with E-state index in [4.69, 9.17) is 0 Å². The predicted molar refractivity (Wildman–Crippen MR) is 249 cm³/mol. The molecule has 3 unspecified atom stereocenters. The Kier molecular flexibility index (Phi) is 12.8. The summed E-state index contributed by atoms with van der Waals surface area (Å²) in [5.41, 5.74) is -0.695.